The molecule has 0 saturated heterocycles. The first-order valence-electron chi connectivity index (χ1n) is 5.36. The van der Waals surface area contributed by atoms with E-state index in [1.807, 2.05) is 0 Å². The second-order valence-electron chi connectivity index (χ2n) is 3.75. The quantitative estimate of drug-likeness (QED) is 0.829. The SMILES string of the molecule is COc1cc(CN[C@H](C)C(=O)O)cc(Cl)c1OC. The molecule has 0 unspecified atom stereocenters. The van der Waals surface area contributed by atoms with Crippen LogP contribution in [0.15, 0.2) is 12.1 Å². The summed E-state index contributed by atoms with van der Waals surface area (Å²) in [6.07, 6.45) is 0. The van der Waals surface area contributed by atoms with Crippen LogP contribution in [0.4, 0.5) is 0 Å². The highest BCUT2D eigenvalue weighted by Gasteiger charge is 2.13. The summed E-state index contributed by atoms with van der Waals surface area (Å²) in [7, 11) is 3.03. The van der Waals surface area contributed by atoms with Crippen molar-refractivity contribution >= 4 is 17.6 Å². The highest BCUT2D eigenvalue weighted by molar-refractivity contribution is 6.32. The van der Waals surface area contributed by atoms with Gasteiger partial charge in [-0.3, -0.25) is 4.79 Å². The van der Waals surface area contributed by atoms with Crippen molar-refractivity contribution in [3.05, 3.63) is 22.7 Å². The Morgan fingerprint density at radius 2 is 2.11 bits per heavy atom. The van der Waals surface area contributed by atoms with Gasteiger partial charge in [0, 0.05) is 6.54 Å². The van der Waals surface area contributed by atoms with Crippen molar-refractivity contribution in [1.82, 2.24) is 5.32 Å². The first-order chi connectivity index (χ1) is 8.49. The molecule has 0 saturated carbocycles. The molecular formula is C12H16ClNO4. The molecule has 6 heteroatoms. The molecule has 1 aromatic carbocycles. The molecule has 0 aliphatic rings. The molecule has 100 valence electrons. The molecule has 18 heavy (non-hydrogen) atoms. The lowest BCUT2D eigenvalue weighted by Gasteiger charge is -2.13. The molecule has 0 aliphatic carbocycles. The van der Waals surface area contributed by atoms with Crippen molar-refractivity contribution in [3.8, 4) is 11.5 Å². The summed E-state index contributed by atoms with van der Waals surface area (Å²) in [4.78, 5) is 10.7. The van der Waals surface area contributed by atoms with Crippen LogP contribution in [0, 0.1) is 0 Å². The topological polar surface area (TPSA) is 67.8 Å². The molecule has 0 heterocycles. The van der Waals surface area contributed by atoms with Gasteiger partial charge in [0.25, 0.3) is 0 Å². The van der Waals surface area contributed by atoms with Crippen molar-refractivity contribution in [3.63, 3.8) is 0 Å². The molecule has 0 bridgehead atoms. The minimum Gasteiger partial charge on any atom is -0.493 e. The van der Waals surface area contributed by atoms with E-state index in [0.29, 0.717) is 23.1 Å². The Kier molecular flexibility index (Phi) is 5.25. The van der Waals surface area contributed by atoms with Crippen molar-refractivity contribution in [2.75, 3.05) is 14.2 Å². The van der Waals surface area contributed by atoms with Crippen LogP contribution >= 0.6 is 11.6 Å². The van der Waals surface area contributed by atoms with Crippen molar-refractivity contribution in [2.45, 2.75) is 19.5 Å². The largest absolute Gasteiger partial charge is 0.493 e. The fourth-order valence-corrected chi connectivity index (χ4v) is 1.74. The number of benzene rings is 1. The van der Waals surface area contributed by atoms with Crippen LogP contribution in [-0.2, 0) is 11.3 Å². The number of hydrogen-bond acceptors (Lipinski definition) is 4. The van der Waals surface area contributed by atoms with Gasteiger partial charge in [-0.15, -0.1) is 0 Å². The predicted octanol–water partition coefficient (Wildman–Crippen LogP) is 1.92. The molecule has 0 fully saturated rings. The number of hydrogen-bond donors (Lipinski definition) is 2. The van der Waals surface area contributed by atoms with Gasteiger partial charge in [0.2, 0.25) is 0 Å². The Morgan fingerprint density at radius 3 is 2.61 bits per heavy atom. The third kappa shape index (κ3) is 3.51. The van der Waals surface area contributed by atoms with Gasteiger partial charge in [-0.05, 0) is 24.6 Å². The highest BCUT2D eigenvalue weighted by Crippen LogP contribution is 2.35. The number of carboxylic acids is 1. The number of aliphatic carboxylic acids is 1. The van der Waals surface area contributed by atoms with Gasteiger partial charge in [0.15, 0.2) is 11.5 Å². The molecule has 5 nitrogen and oxygen atoms in total. The Balaban J connectivity index is 2.85. The van der Waals surface area contributed by atoms with E-state index in [0.717, 1.165) is 5.56 Å². The van der Waals surface area contributed by atoms with Crippen LogP contribution in [0.1, 0.15) is 12.5 Å². The third-order valence-electron chi connectivity index (χ3n) is 2.48. The highest BCUT2D eigenvalue weighted by atomic mass is 35.5. The number of carbonyl (C=O) groups is 1. The van der Waals surface area contributed by atoms with E-state index in [1.54, 1.807) is 19.1 Å². The van der Waals surface area contributed by atoms with Gasteiger partial charge in [0.05, 0.1) is 19.2 Å². The molecule has 0 amide bonds. The van der Waals surface area contributed by atoms with E-state index in [1.165, 1.54) is 14.2 Å². The van der Waals surface area contributed by atoms with Gasteiger partial charge >= 0.3 is 5.97 Å². The summed E-state index contributed by atoms with van der Waals surface area (Å²) in [6.45, 7) is 1.96. The van der Waals surface area contributed by atoms with E-state index < -0.39 is 12.0 Å². The van der Waals surface area contributed by atoms with E-state index in [9.17, 15) is 4.79 Å². The van der Waals surface area contributed by atoms with E-state index >= 15 is 0 Å². The van der Waals surface area contributed by atoms with Gasteiger partial charge in [0.1, 0.15) is 6.04 Å². The third-order valence-corrected chi connectivity index (χ3v) is 2.76. The number of halogens is 1. The Hall–Kier alpha value is -1.46. The summed E-state index contributed by atoms with van der Waals surface area (Å²) < 4.78 is 10.3. The van der Waals surface area contributed by atoms with Crippen LogP contribution in [0.25, 0.3) is 0 Å². The normalized spacial score (nSPS) is 12.0. The average molecular weight is 274 g/mol. The fraction of sp³-hybridized carbons (Fsp3) is 0.417. The van der Waals surface area contributed by atoms with Crippen LogP contribution in [0.5, 0.6) is 11.5 Å². The average Bonchev–Trinajstić information content (AvgIpc) is 2.34. The first-order valence-corrected chi connectivity index (χ1v) is 5.74. The standard InChI is InChI=1S/C12H16ClNO4/c1-7(12(15)16)14-6-8-4-9(13)11(18-3)10(5-8)17-2/h4-5,7,14H,6H2,1-3H3,(H,15,16)/t7-/m1/s1. The van der Waals surface area contributed by atoms with Crippen molar-refractivity contribution < 1.29 is 19.4 Å². The summed E-state index contributed by atoms with van der Waals surface area (Å²) in [5, 5.41) is 12.1. The summed E-state index contributed by atoms with van der Waals surface area (Å²) in [6, 6.07) is 2.84. The van der Waals surface area contributed by atoms with Gasteiger partial charge in [-0.25, -0.2) is 0 Å². The Bertz CT molecular complexity index is 436. The smallest absolute Gasteiger partial charge is 0.320 e. The maximum atomic E-state index is 10.7. The summed E-state index contributed by atoms with van der Waals surface area (Å²) in [5.74, 6) is 0.0838. The maximum Gasteiger partial charge on any atom is 0.320 e. The zero-order chi connectivity index (χ0) is 13.7. The molecule has 2 N–H and O–H groups in total. The second-order valence-corrected chi connectivity index (χ2v) is 4.16. The number of nitrogens with one attached hydrogen (secondary N) is 1. The lowest BCUT2D eigenvalue weighted by Crippen LogP contribution is -2.33. The Morgan fingerprint density at radius 1 is 1.44 bits per heavy atom. The molecule has 0 aromatic heterocycles. The van der Waals surface area contributed by atoms with Crippen LogP contribution in [0.3, 0.4) is 0 Å². The van der Waals surface area contributed by atoms with Gasteiger partial charge in [-0.2, -0.15) is 0 Å². The van der Waals surface area contributed by atoms with Crippen molar-refractivity contribution in [2.24, 2.45) is 0 Å². The lowest BCUT2D eigenvalue weighted by atomic mass is 10.2. The summed E-state index contributed by atoms with van der Waals surface area (Å²) in [5.41, 5.74) is 0.825. The molecule has 0 spiro atoms. The zero-order valence-corrected chi connectivity index (χ0v) is 11.2. The molecular weight excluding hydrogens is 258 g/mol. The zero-order valence-electron chi connectivity index (χ0n) is 10.5. The molecule has 1 aromatic rings. The number of rotatable bonds is 6. The maximum absolute atomic E-state index is 10.7. The molecule has 0 radical (unpaired) electrons. The molecule has 0 aliphatic heterocycles. The van der Waals surface area contributed by atoms with Crippen LogP contribution in [0.2, 0.25) is 5.02 Å². The fourth-order valence-electron chi connectivity index (χ4n) is 1.43. The van der Waals surface area contributed by atoms with E-state index in [2.05, 4.69) is 5.32 Å². The number of methoxy groups -OCH3 is 2. The predicted molar refractivity (Wildman–Crippen MR) is 68.5 cm³/mol. The first kappa shape index (κ1) is 14.6. The summed E-state index contributed by atoms with van der Waals surface area (Å²) >= 11 is 6.04. The number of carboxylic acid groups (broad SMARTS) is 1. The molecule has 1 rings (SSSR count). The molecule has 1 atom stereocenters. The van der Waals surface area contributed by atoms with E-state index in [4.69, 9.17) is 26.2 Å². The monoisotopic (exact) mass is 273 g/mol. The van der Waals surface area contributed by atoms with E-state index in [-0.39, 0.29) is 0 Å². The van der Waals surface area contributed by atoms with Crippen LogP contribution in [-0.4, -0.2) is 31.3 Å². The minimum atomic E-state index is -0.901. The van der Waals surface area contributed by atoms with Gasteiger partial charge < -0.3 is 19.9 Å². The van der Waals surface area contributed by atoms with Crippen molar-refractivity contribution in [1.29, 1.82) is 0 Å². The van der Waals surface area contributed by atoms with Crippen LogP contribution < -0.4 is 14.8 Å². The number of ether oxygens (including phenoxy) is 2. The minimum absolute atomic E-state index is 0.382. The Labute approximate surface area is 111 Å². The second kappa shape index (κ2) is 6.47. The van der Waals surface area contributed by atoms with Gasteiger partial charge in [-0.1, -0.05) is 11.6 Å². The lowest BCUT2D eigenvalue weighted by molar-refractivity contribution is -0.139.